The summed E-state index contributed by atoms with van der Waals surface area (Å²) in [5.41, 5.74) is 3.52. The smallest absolute Gasteiger partial charge is 0.228 e. The van der Waals surface area contributed by atoms with Gasteiger partial charge in [-0.15, -0.1) is 0 Å². The molecule has 1 fully saturated rings. The molecule has 2 atom stereocenters. The molecule has 1 amide bonds. The zero-order valence-corrected chi connectivity index (χ0v) is 17.0. The van der Waals surface area contributed by atoms with Gasteiger partial charge < -0.3 is 4.90 Å². The van der Waals surface area contributed by atoms with E-state index in [0.717, 1.165) is 25.1 Å². The van der Waals surface area contributed by atoms with Crippen LogP contribution in [0.25, 0.3) is 0 Å². The van der Waals surface area contributed by atoms with Gasteiger partial charge >= 0.3 is 0 Å². The number of hydrogen-bond donors (Lipinski definition) is 0. The maximum Gasteiger partial charge on any atom is 0.228 e. The number of benzene rings is 2. The van der Waals surface area contributed by atoms with E-state index in [-0.39, 0.29) is 18.1 Å². The van der Waals surface area contributed by atoms with Crippen molar-refractivity contribution in [3.05, 3.63) is 69.2 Å². The maximum absolute atomic E-state index is 13.4. The molecule has 142 valence electrons. The maximum atomic E-state index is 13.4. The predicted molar refractivity (Wildman–Crippen MR) is 110 cm³/mol. The first-order chi connectivity index (χ1) is 13.0. The van der Waals surface area contributed by atoms with E-state index in [4.69, 9.17) is 23.2 Å². The van der Waals surface area contributed by atoms with Gasteiger partial charge in [-0.05, 0) is 48.6 Å². The van der Waals surface area contributed by atoms with Gasteiger partial charge in [0.05, 0.1) is 28.7 Å². The van der Waals surface area contributed by atoms with Gasteiger partial charge in [0.1, 0.15) is 0 Å². The minimum absolute atomic E-state index is 0.0656. The number of nitrogens with zero attached hydrogens (tertiary/aromatic N) is 2. The Balaban J connectivity index is 1.64. The van der Waals surface area contributed by atoms with Crippen molar-refractivity contribution in [1.29, 1.82) is 0 Å². The van der Waals surface area contributed by atoms with Crippen LogP contribution in [0.5, 0.6) is 0 Å². The lowest BCUT2D eigenvalue weighted by molar-refractivity contribution is -0.141. The van der Waals surface area contributed by atoms with Crippen molar-refractivity contribution in [3.63, 3.8) is 0 Å². The summed E-state index contributed by atoms with van der Waals surface area (Å²) >= 11 is 12.2. The van der Waals surface area contributed by atoms with Gasteiger partial charge in [0.15, 0.2) is 0 Å². The van der Waals surface area contributed by atoms with Crippen molar-refractivity contribution in [2.24, 2.45) is 0 Å². The molecule has 0 bridgehead atoms. The number of fused-ring (bicyclic) bond motifs is 1. The van der Waals surface area contributed by atoms with Crippen LogP contribution in [0.3, 0.4) is 0 Å². The van der Waals surface area contributed by atoms with Crippen LogP contribution in [0, 0.1) is 0 Å². The van der Waals surface area contributed by atoms with Crippen molar-refractivity contribution < 1.29 is 4.79 Å². The highest BCUT2D eigenvalue weighted by Gasteiger charge is 2.38. The molecule has 0 saturated carbocycles. The third-order valence-corrected chi connectivity index (χ3v) is 6.57. The molecule has 2 aliphatic rings. The zero-order chi connectivity index (χ0) is 19.0. The first-order valence-electron chi connectivity index (χ1n) is 9.61. The zero-order valence-electron chi connectivity index (χ0n) is 15.5. The predicted octanol–water partition coefficient (Wildman–Crippen LogP) is 5.10. The van der Waals surface area contributed by atoms with E-state index in [0.29, 0.717) is 16.5 Å². The average molecular weight is 403 g/mol. The van der Waals surface area contributed by atoms with Crippen LogP contribution in [0.4, 0.5) is 0 Å². The third-order valence-electron chi connectivity index (χ3n) is 5.84. The van der Waals surface area contributed by atoms with Crippen LogP contribution >= 0.6 is 23.2 Å². The Kier molecular flexibility index (Phi) is 5.45. The minimum Gasteiger partial charge on any atom is -0.320 e. The van der Waals surface area contributed by atoms with Crippen molar-refractivity contribution in [1.82, 2.24) is 9.80 Å². The van der Waals surface area contributed by atoms with Crippen LogP contribution in [0.2, 0.25) is 10.0 Å². The summed E-state index contributed by atoms with van der Waals surface area (Å²) in [5.74, 6) is 0.146. The molecule has 0 radical (unpaired) electrons. The quantitative estimate of drug-likeness (QED) is 0.712. The second kappa shape index (κ2) is 7.83. The highest BCUT2D eigenvalue weighted by molar-refractivity contribution is 6.42. The topological polar surface area (TPSA) is 23.6 Å². The Morgan fingerprint density at radius 3 is 2.56 bits per heavy atom. The molecule has 2 aromatic rings. The molecule has 3 nitrogen and oxygen atoms in total. The van der Waals surface area contributed by atoms with Gasteiger partial charge in [0.2, 0.25) is 5.91 Å². The van der Waals surface area contributed by atoms with Crippen LogP contribution in [0.1, 0.15) is 42.5 Å². The van der Waals surface area contributed by atoms with Gasteiger partial charge in [-0.3, -0.25) is 9.69 Å². The van der Waals surface area contributed by atoms with Gasteiger partial charge in [-0.2, -0.15) is 0 Å². The second-order valence-corrected chi connectivity index (χ2v) is 8.34. The highest BCUT2D eigenvalue weighted by atomic mass is 35.5. The molecule has 0 aliphatic carbocycles. The first-order valence-corrected chi connectivity index (χ1v) is 10.4. The Bertz CT molecular complexity index is 848. The van der Waals surface area contributed by atoms with Crippen LogP contribution in [-0.2, 0) is 17.6 Å². The molecule has 0 N–H and O–H groups in total. The van der Waals surface area contributed by atoms with E-state index in [9.17, 15) is 4.79 Å². The summed E-state index contributed by atoms with van der Waals surface area (Å²) < 4.78 is 0. The summed E-state index contributed by atoms with van der Waals surface area (Å²) in [6, 6.07) is 14.0. The molecule has 0 unspecified atom stereocenters. The fraction of sp³-hybridized carbons (Fsp3) is 0.409. The normalized spacial score (nSPS) is 22.7. The molecule has 2 aromatic carbocycles. The van der Waals surface area contributed by atoms with E-state index in [1.165, 1.54) is 24.0 Å². The third kappa shape index (κ3) is 3.73. The first kappa shape index (κ1) is 18.8. The molecule has 5 heteroatoms. The molecule has 27 heavy (non-hydrogen) atoms. The lowest BCUT2D eigenvalue weighted by Crippen LogP contribution is -2.55. The molecular weight excluding hydrogens is 379 g/mol. The number of likely N-dealkylation sites (tertiary alicyclic amines) is 1. The largest absolute Gasteiger partial charge is 0.320 e. The average Bonchev–Trinajstić information content (AvgIpc) is 3.19. The number of halogens is 2. The van der Waals surface area contributed by atoms with E-state index < -0.39 is 0 Å². The Morgan fingerprint density at radius 1 is 1.07 bits per heavy atom. The number of hydrogen-bond acceptors (Lipinski definition) is 2. The summed E-state index contributed by atoms with van der Waals surface area (Å²) in [6.07, 6.45) is 3.79. The summed E-state index contributed by atoms with van der Waals surface area (Å²) in [4.78, 5) is 17.9. The van der Waals surface area contributed by atoms with Crippen LogP contribution < -0.4 is 0 Å². The Hall–Kier alpha value is -1.55. The van der Waals surface area contributed by atoms with E-state index in [1.807, 2.05) is 6.07 Å². The molecule has 0 spiro atoms. The Labute approximate surface area is 170 Å². The molecule has 4 rings (SSSR count). The van der Waals surface area contributed by atoms with E-state index >= 15 is 0 Å². The van der Waals surface area contributed by atoms with Crippen LogP contribution in [0.15, 0.2) is 42.5 Å². The summed E-state index contributed by atoms with van der Waals surface area (Å²) in [7, 11) is 0. The Morgan fingerprint density at radius 2 is 1.81 bits per heavy atom. The van der Waals surface area contributed by atoms with Crippen molar-refractivity contribution in [2.75, 3.05) is 13.1 Å². The standard InChI is InChI=1S/C22H24Cl2N2O/c1-15-18-7-3-2-6-17(18)14-21(25-10-4-5-11-25)26(15)22(27)13-16-8-9-19(23)20(24)12-16/h2-3,6-9,12,15,21H,4-5,10-11,13-14H2,1H3/t15-,21+/m1/s1. The van der Waals surface area contributed by atoms with E-state index in [2.05, 4.69) is 41.0 Å². The van der Waals surface area contributed by atoms with Gasteiger partial charge in [0, 0.05) is 19.5 Å². The second-order valence-electron chi connectivity index (χ2n) is 7.53. The van der Waals surface area contributed by atoms with Gasteiger partial charge in [-0.25, -0.2) is 0 Å². The highest BCUT2D eigenvalue weighted by Crippen LogP contribution is 2.36. The molecule has 0 aromatic heterocycles. The van der Waals surface area contributed by atoms with Crippen LogP contribution in [-0.4, -0.2) is 35.0 Å². The van der Waals surface area contributed by atoms with Crippen molar-refractivity contribution in [2.45, 2.75) is 44.8 Å². The van der Waals surface area contributed by atoms with Crippen molar-refractivity contribution >= 4 is 29.1 Å². The molecule has 1 saturated heterocycles. The summed E-state index contributed by atoms with van der Waals surface area (Å²) in [5, 5.41) is 1.01. The lowest BCUT2D eigenvalue weighted by Gasteiger charge is -2.46. The molecule has 2 heterocycles. The van der Waals surface area contributed by atoms with Crippen molar-refractivity contribution in [3.8, 4) is 0 Å². The SMILES string of the molecule is C[C@@H]1c2ccccc2C[C@@H](N2CCCC2)N1C(=O)Cc1ccc(Cl)c(Cl)c1. The van der Waals surface area contributed by atoms with Gasteiger partial charge in [0.25, 0.3) is 0 Å². The minimum atomic E-state index is 0.0656. The molecular formula is C22H24Cl2N2O. The summed E-state index contributed by atoms with van der Waals surface area (Å²) in [6.45, 7) is 4.28. The number of carbonyl (C=O) groups excluding carboxylic acids is 1. The van der Waals surface area contributed by atoms with E-state index in [1.54, 1.807) is 12.1 Å². The fourth-order valence-corrected chi connectivity index (χ4v) is 4.79. The number of rotatable bonds is 3. The lowest BCUT2D eigenvalue weighted by atomic mass is 9.90. The molecule has 2 aliphatic heterocycles. The fourth-order valence-electron chi connectivity index (χ4n) is 4.47. The monoisotopic (exact) mass is 402 g/mol. The van der Waals surface area contributed by atoms with Gasteiger partial charge in [-0.1, -0.05) is 53.5 Å². The number of amides is 1. The number of carbonyl (C=O) groups is 1.